The number of para-hydroxylation sites is 2. The maximum atomic E-state index is 2.41. The van der Waals surface area contributed by atoms with Crippen LogP contribution in [-0.4, -0.2) is 0 Å². The first-order chi connectivity index (χ1) is 26.0. The predicted octanol–water partition coefficient (Wildman–Crippen LogP) is 14.8. The zero-order valence-electron chi connectivity index (χ0n) is 29.8. The van der Waals surface area contributed by atoms with Gasteiger partial charge >= 0.3 is 0 Å². The molecule has 53 heavy (non-hydrogen) atoms. The van der Waals surface area contributed by atoms with Gasteiger partial charge in [0.1, 0.15) is 0 Å². The van der Waals surface area contributed by atoms with E-state index in [9.17, 15) is 0 Å². The molecule has 0 aliphatic heterocycles. The lowest BCUT2D eigenvalue weighted by atomic mass is 9.79. The molecule has 10 rings (SSSR count). The molecule has 0 fully saturated rings. The standard InChI is InChI=1S/C51H37NS/c1-51(2)47-19-10-9-16-43(47)45-18-11-17-42(50(45)51)38-26-30-44-46-32-37(27-31-48(46)53-49(44)33-38)36-22-20-34(21-23-36)35-24-28-41(29-25-35)52(39-12-5-3-6-13-39)40-14-7-4-8-15-40/h3-33H,1-2H3. The number of thiophene rings is 1. The fourth-order valence-corrected chi connectivity index (χ4v) is 9.60. The Labute approximate surface area is 315 Å². The van der Waals surface area contributed by atoms with Crippen molar-refractivity contribution in [2.45, 2.75) is 19.3 Å². The van der Waals surface area contributed by atoms with Crippen molar-refractivity contribution in [1.82, 2.24) is 0 Å². The third-order valence-corrected chi connectivity index (χ3v) is 12.2. The first-order valence-electron chi connectivity index (χ1n) is 18.3. The summed E-state index contributed by atoms with van der Waals surface area (Å²) in [5, 5.41) is 2.64. The fourth-order valence-electron chi connectivity index (χ4n) is 8.47. The van der Waals surface area contributed by atoms with E-state index in [0.29, 0.717) is 0 Å². The molecule has 0 saturated heterocycles. The lowest BCUT2D eigenvalue weighted by Crippen LogP contribution is -2.16. The number of rotatable bonds is 6. The van der Waals surface area contributed by atoms with Crippen LogP contribution in [0.15, 0.2) is 188 Å². The average Bonchev–Trinajstić information content (AvgIpc) is 3.70. The van der Waals surface area contributed by atoms with Gasteiger partial charge in [-0.3, -0.25) is 0 Å². The second-order valence-electron chi connectivity index (χ2n) is 14.6. The maximum absolute atomic E-state index is 2.41. The minimum Gasteiger partial charge on any atom is -0.311 e. The molecule has 0 unspecified atom stereocenters. The van der Waals surface area contributed by atoms with Crippen molar-refractivity contribution in [3.05, 3.63) is 199 Å². The number of anilines is 3. The van der Waals surface area contributed by atoms with Crippen molar-refractivity contribution in [2.75, 3.05) is 4.90 Å². The Morgan fingerprint density at radius 3 is 1.60 bits per heavy atom. The van der Waals surface area contributed by atoms with Crippen molar-refractivity contribution in [1.29, 1.82) is 0 Å². The molecule has 1 aliphatic rings. The molecule has 1 nitrogen and oxygen atoms in total. The van der Waals surface area contributed by atoms with Crippen LogP contribution in [0.25, 0.3) is 64.7 Å². The molecule has 1 heterocycles. The summed E-state index contributed by atoms with van der Waals surface area (Å²) in [6.45, 7) is 4.74. The topological polar surface area (TPSA) is 3.24 Å². The number of hydrogen-bond acceptors (Lipinski definition) is 2. The van der Waals surface area contributed by atoms with Gasteiger partial charge < -0.3 is 4.90 Å². The van der Waals surface area contributed by atoms with E-state index in [2.05, 4.69) is 207 Å². The number of fused-ring (bicyclic) bond motifs is 6. The number of benzene rings is 8. The minimum atomic E-state index is -0.0442. The molecule has 0 bridgehead atoms. The SMILES string of the molecule is CC1(C)c2ccccc2-c2cccc(-c3ccc4c(c3)sc3ccc(-c5ccc(-c6ccc(N(c7ccccc7)c7ccccc7)cc6)cc5)cc34)c21. The van der Waals surface area contributed by atoms with Gasteiger partial charge in [-0.15, -0.1) is 11.3 Å². The molecule has 0 amide bonds. The predicted molar refractivity (Wildman–Crippen MR) is 228 cm³/mol. The van der Waals surface area contributed by atoms with Crippen LogP contribution >= 0.6 is 11.3 Å². The third kappa shape index (κ3) is 5.29. The van der Waals surface area contributed by atoms with E-state index >= 15 is 0 Å². The van der Waals surface area contributed by atoms with Gasteiger partial charge in [-0.05, 0) is 110 Å². The second-order valence-corrected chi connectivity index (χ2v) is 15.6. The van der Waals surface area contributed by atoms with Crippen LogP contribution in [0, 0.1) is 0 Å². The third-order valence-electron chi connectivity index (χ3n) is 11.1. The first-order valence-corrected chi connectivity index (χ1v) is 19.2. The molecule has 0 spiro atoms. The lowest BCUT2D eigenvalue weighted by Gasteiger charge is -2.25. The number of hydrogen-bond donors (Lipinski definition) is 0. The Morgan fingerprint density at radius 1 is 0.377 bits per heavy atom. The van der Waals surface area contributed by atoms with Crippen molar-refractivity contribution in [3.8, 4) is 44.5 Å². The van der Waals surface area contributed by atoms with E-state index < -0.39 is 0 Å². The van der Waals surface area contributed by atoms with Gasteiger partial charge in [0.25, 0.3) is 0 Å². The van der Waals surface area contributed by atoms with Gasteiger partial charge in [0.2, 0.25) is 0 Å². The van der Waals surface area contributed by atoms with Crippen LogP contribution in [0.2, 0.25) is 0 Å². The van der Waals surface area contributed by atoms with Gasteiger partial charge in [-0.25, -0.2) is 0 Å². The monoisotopic (exact) mass is 695 g/mol. The highest BCUT2D eigenvalue weighted by Crippen LogP contribution is 2.52. The Kier molecular flexibility index (Phi) is 7.42. The molecule has 0 saturated carbocycles. The lowest BCUT2D eigenvalue weighted by molar-refractivity contribution is 0.662. The highest BCUT2D eigenvalue weighted by molar-refractivity contribution is 7.25. The van der Waals surface area contributed by atoms with Gasteiger partial charge in [-0.2, -0.15) is 0 Å². The minimum absolute atomic E-state index is 0.0442. The Bertz CT molecular complexity index is 2740. The van der Waals surface area contributed by atoms with Crippen LogP contribution in [-0.2, 0) is 5.41 Å². The molecule has 1 aliphatic carbocycles. The normalized spacial score (nSPS) is 12.9. The summed E-state index contributed by atoms with van der Waals surface area (Å²) >= 11 is 1.89. The summed E-state index contributed by atoms with van der Waals surface area (Å²) in [7, 11) is 0. The molecule has 0 radical (unpaired) electrons. The van der Waals surface area contributed by atoms with Gasteiger partial charge in [0, 0.05) is 42.6 Å². The van der Waals surface area contributed by atoms with Crippen molar-refractivity contribution in [3.63, 3.8) is 0 Å². The second kappa shape index (κ2) is 12.5. The molecule has 0 atom stereocenters. The molecule has 1 aromatic heterocycles. The molecular formula is C51H37NS. The van der Waals surface area contributed by atoms with Crippen LogP contribution in [0.4, 0.5) is 17.1 Å². The number of nitrogens with zero attached hydrogens (tertiary/aromatic N) is 1. The van der Waals surface area contributed by atoms with Crippen molar-refractivity contribution < 1.29 is 0 Å². The van der Waals surface area contributed by atoms with E-state index in [4.69, 9.17) is 0 Å². The molecule has 8 aromatic carbocycles. The summed E-state index contributed by atoms with van der Waals surface area (Å²) < 4.78 is 2.65. The van der Waals surface area contributed by atoms with Gasteiger partial charge in [0.15, 0.2) is 0 Å². The maximum Gasteiger partial charge on any atom is 0.0462 e. The first kappa shape index (κ1) is 31.5. The fraction of sp³-hybridized carbons (Fsp3) is 0.0588. The Balaban J connectivity index is 0.943. The van der Waals surface area contributed by atoms with Crippen molar-refractivity contribution >= 4 is 48.6 Å². The summed E-state index contributed by atoms with van der Waals surface area (Å²) in [6.07, 6.45) is 0. The Hall–Kier alpha value is -6.22. The average molecular weight is 696 g/mol. The summed E-state index contributed by atoms with van der Waals surface area (Å²) in [5.41, 5.74) is 16.5. The summed E-state index contributed by atoms with van der Waals surface area (Å²) in [4.78, 5) is 2.30. The smallest absolute Gasteiger partial charge is 0.0462 e. The van der Waals surface area contributed by atoms with E-state index in [1.165, 1.54) is 75.8 Å². The van der Waals surface area contributed by atoms with E-state index in [-0.39, 0.29) is 5.41 Å². The van der Waals surface area contributed by atoms with Gasteiger partial charge in [0.05, 0.1) is 0 Å². The molecular weight excluding hydrogens is 659 g/mol. The van der Waals surface area contributed by atoms with Crippen LogP contribution in [0.5, 0.6) is 0 Å². The zero-order valence-corrected chi connectivity index (χ0v) is 30.6. The summed E-state index contributed by atoms with van der Waals surface area (Å²) in [6, 6.07) is 68.7. The highest BCUT2D eigenvalue weighted by Gasteiger charge is 2.37. The molecule has 252 valence electrons. The summed E-state index contributed by atoms with van der Waals surface area (Å²) in [5.74, 6) is 0. The largest absolute Gasteiger partial charge is 0.311 e. The highest BCUT2D eigenvalue weighted by atomic mass is 32.1. The van der Waals surface area contributed by atoms with Gasteiger partial charge in [-0.1, -0.05) is 147 Å². The Morgan fingerprint density at radius 2 is 0.906 bits per heavy atom. The van der Waals surface area contributed by atoms with Crippen LogP contribution in [0.1, 0.15) is 25.0 Å². The molecule has 2 heteroatoms. The molecule has 0 N–H and O–H groups in total. The van der Waals surface area contributed by atoms with E-state index in [1.807, 2.05) is 11.3 Å². The zero-order chi connectivity index (χ0) is 35.5. The molecule has 9 aromatic rings. The van der Waals surface area contributed by atoms with E-state index in [0.717, 1.165) is 17.1 Å². The van der Waals surface area contributed by atoms with Crippen LogP contribution < -0.4 is 4.90 Å². The quantitative estimate of drug-likeness (QED) is 0.167. The van der Waals surface area contributed by atoms with Crippen molar-refractivity contribution in [2.24, 2.45) is 0 Å². The van der Waals surface area contributed by atoms with E-state index in [1.54, 1.807) is 0 Å². The van der Waals surface area contributed by atoms with Crippen LogP contribution in [0.3, 0.4) is 0 Å².